The van der Waals surface area contributed by atoms with Gasteiger partial charge in [-0.3, -0.25) is 0 Å². The van der Waals surface area contributed by atoms with Gasteiger partial charge in [0, 0.05) is 12.0 Å². The minimum Gasteiger partial charge on any atom is -0.396 e. The summed E-state index contributed by atoms with van der Waals surface area (Å²) >= 11 is 0. The highest BCUT2D eigenvalue weighted by molar-refractivity contribution is 5.02. The molecule has 1 aliphatic carbocycles. The van der Waals surface area contributed by atoms with Crippen LogP contribution in [0.3, 0.4) is 0 Å². The van der Waals surface area contributed by atoms with E-state index in [0.29, 0.717) is 12.5 Å². The Labute approximate surface area is 62.4 Å². The Kier molecular flexibility index (Phi) is 2.32. The van der Waals surface area contributed by atoms with Crippen molar-refractivity contribution in [2.75, 3.05) is 13.2 Å². The van der Waals surface area contributed by atoms with Gasteiger partial charge in [0.2, 0.25) is 0 Å². The van der Waals surface area contributed by atoms with Crippen LogP contribution in [0, 0.1) is 11.3 Å². The first-order chi connectivity index (χ1) is 4.79. The van der Waals surface area contributed by atoms with E-state index < -0.39 is 0 Å². The van der Waals surface area contributed by atoms with Gasteiger partial charge in [0.15, 0.2) is 0 Å². The normalized spacial score (nSPS) is 38.1. The summed E-state index contributed by atoms with van der Waals surface area (Å²) in [5.74, 6) is 0.715. The molecule has 0 aliphatic heterocycles. The molecule has 0 radical (unpaired) electrons. The summed E-state index contributed by atoms with van der Waals surface area (Å²) in [6, 6.07) is 0. The molecule has 1 fully saturated rings. The number of hydrogen-bond acceptors (Lipinski definition) is 2. The highest BCUT2D eigenvalue weighted by atomic mass is 16.3. The SMILES string of the molecule is CCCC1CC1(CN)CO. The maximum absolute atomic E-state index is 8.97. The van der Waals surface area contributed by atoms with Crippen molar-refractivity contribution in [1.82, 2.24) is 0 Å². The molecule has 0 aromatic rings. The predicted molar refractivity (Wildman–Crippen MR) is 41.6 cm³/mol. The molecule has 1 aliphatic rings. The van der Waals surface area contributed by atoms with Crippen LogP contribution in [0.5, 0.6) is 0 Å². The van der Waals surface area contributed by atoms with E-state index in [4.69, 9.17) is 10.8 Å². The molecule has 2 atom stereocenters. The molecule has 0 saturated heterocycles. The van der Waals surface area contributed by atoms with Crippen molar-refractivity contribution in [2.24, 2.45) is 17.1 Å². The fraction of sp³-hybridized carbons (Fsp3) is 1.00. The van der Waals surface area contributed by atoms with Crippen LogP contribution in [0.4, 0.5) is 0 Å². The minimum absolute atomic E-state index is 0.135. The molecule has 0 bridgehead atoms. The lowest BCUT2D eigenvalue weighted by Crippen LogP contribution is -2.21. The number of hydrogen-bond donors (Lipinski definition) is 2. The topological polar surface area (TPSA) is 46.2 Å². The summed E-state index contributed by atoms with van der Waals surface area (Å²) in [6.07, 6.45) is 3.60. The molecule has 2 nitrogen and oxygen atoms in total. The Hall–Kier alpha value is -0.0800. The zero-order valence-electron chi connectivity index (χ0n) is 6.64. The van der Waals surface area contributed by atoms with E-state index in [9.17, 15) is 0 Å². The van der Waals surface area contributed by atoms with E-state index in [1.807, 2.05) is 0 Å². The van der Waals surface area contributed by atoms with Crippen LogP contribution in [0.1, 0.15) is 26.2 Å². The monoisotopic (exact) mass is 143 g/mol. The first kappa shape index (κ1) is 8.02. The fourth-order valence-corrected chi connectivity index (χ4v) is 1.70. The quantitative estimate of drug-likeness (QED) is 0.610. The number of aliphatic hydroxyl groups excluding tert-OH is 1. The van der Waals surface area contributed by atoms with Gasteiger partial charge in [-0.1, -0.05) is 19.8 Å². The zero-order valence-corrected chi connectivity index (χ0v) is 6.64. The molecule has 3 N–H and O–H groups in total. The van der Waals surface area contributed by atoms with Crippen molar-refractivity contribution >= 4 is 0 Å². The highest BCUT2D eigenvalue weighted by Crippen LogP contribution is 2.53. The van der Waals surface area contributed by atoms with E-state index in [1.54, 1.807) is 0 Å². The summed E-state index contributed by atoms with van der Waals surface area (Å²) in [6.45, 7) is 3.12. The van der Waals surface area contributed by atoms with E-state index in [2.05, 4.69) is 6.92 Å². The Morgan fingerprint density at radius 2 is 2.40 bits per heavy atom. The van der Waals surface area contributed by atoms with Gasteiger partial charge >= 0.3 is 0 Å². The molecule has 10 heavy (non-hydrogen) atoms. The second-order valence-electron chi connectivity index (χ2n) is 3.41. The molecule has 2 heteroatoms. The summed E-state index contributed by atoms with van der Waals surface area (Å²) in [5, 5.41) is 8.97. The predicted octanol–water partition coefficient (Wildman–Crippen LogP) is 0.744. The smallest absolute Gasteiger partial charge is 0.0502 e. The Balaban J connectivity index is 2.30. The molecular formula is C8H17NO. The van der Waals surface area contributed by atoms with Crippen LogP contribution >= 0.6 is 0 Å². The Morgan fingerprint density at radius 3 is 2.70 bits per heavy atom. The average Bonchev–Trinajstić information content (AvgIpc) is 2.65. The average molecular weight is 143 g/mol. The second-order valence-corrected chi connectivity index (χ2v) is 3.41. The third-order valence-corrected chi connectivity index (χ3v) is 2.72. The van der Waals surface area contributed by atoms with Crippen LogP contribution in [0.25, 0.3) is 0 Å². The highest BCUT2D eigenvalue weighted by Gasteiger charge is 2.51. The van der Waals surface area contributed by atoms with Crippen molar-refractivity contribution in [2.45, 2.75) is 26.2 Å². The van der Waals surface area contributed by atoms with Crippen molar-refractivity contribution in [3.8, 4) is 0 Å². The molecule has 1 rings (SSSR count). The molecule has 0 aromatic carbocycles. The van der Waals surface area contributed by atoms with Gasteiger partial charge < -0.3 is 10.8 Å². The molecule has 0 heterocycles. The van der Waals surface area contributed by atoms with Gasteiger partial charge in [-0.25, -0.2) is 0 Å². The minimum atomic E-state index is 0.135. The van der Waals surface area contributed by atoms with Gasteiger partial charge in [0.25, 0.3) is 0 Å². The van der Waals surface area contributed by atoms with Gasteiger partial charge in [-0.05, 0) is 12.3 Å². The third-order valence-electron chi connectivity index (χ3n) is 2.72. The fourth-order valence-electron chi connectivity index (χ4n) is 1.70. The molecule has 0 amide bonds. The van der Waals surface area contributed by atoms with Crippen molar-refractivity contribution in [3.63, 3.8) is 0 Å². The van der Waals surface area contributed by atoms with E-state index >= 15 is 0 Å². The summed E-state index contributed by atoms with van der Waals surface area (Å²) in [7, 11) is 0. The lowest BCUT2D eigenvalue weighted by Gasteiger charge is -2.09. The van der Waals surface area contributed by atoms with E-state index in [1.165, 1.54) is 12.8 Å². The zero-order chi connectivity index (χ0) is 7.61. The lowest BCUT2D eigenvalue weighted by molar-refractivity contribution is 0.201. The molecule has 0 aromatic heterocycles. The largest absolute Gasteiger partial charge is 0.396 e. The van der Waals surface area contributed by atoms with E-state index in [-0.39, 0.29) is 12.0 Å². The van der Waals surface area contributed by atoms with Crippen molar-refractivity contribution in [1.29, 1.82) is 0 Å². The number of nitrogens with two attached hydrogens (primary N) is 1. The summed E-state index contributed by atoms with van der Waals surface area (Å²) in [4.78, 5) is 0. The van der Waals surface area contributed by atoms with Gasteiger partial charge in [0.1, 0.15) is 0 Å². The van der Waals surface area contributed by atoms with Crippen molar-refractivity contribution in [3.05, 3.63) is 0 Å². The summed E-state index contributed by atoms with van der Waals surface area (Å²) in [5.41, 5.74) is 5.67. The van der Waals surface area contributed by atoms with Gasteiger partial charge in [-0.2, -0.15) is 0 Å². The van der Waals surface area contributed by atoms with Crippen LogP contribution in [-0.4, -0.2) is 18.3 Å². The molecule has 2 unspecified atom stereocenters. The molecule has 1 saturated carbocycles. The van der Waals surface area contributed by atoms with Crippen molar-refractivity contribution < 1.29 is 5.11 Å². The maximum atomic E-state index is 8.97. The molecular weight excluding hydrogens is 126 g/mol. The second kappa shape index (κ2) is 2.89. The lowest BCUT2D eigenvalue weighted by atomic mass is 10.0. The number of aliphatic hydroxyl groups is 1. The van der Waals surface area contributed by atoms with Gasteiger partial charge in [0.05, 0.1) is 6.61 Å². The molecule has 60 valence electrons. The third kappa shape index (κ3) is 1.18. The standard InChI is InChI=1S/C8H17NO/c1-2-3-7-4-8(7,5-9)6-10/h7,10H,2-6,9H2,1H3. The summed E-state index contributed by atoms with van der Waals surface area (Å²) < 4.78 is 0. The Bertz CT molecular complexity index is 110. The van der Waals surface area contributed by atoms with Crippen LogP contribution < -0.4 is 5.73 Å². The van der Waals surface area contributed by atoms with Crippen LogP contribution in [0.2, 0.25) is 0 Å². The Morgan fingerprint density at radius 1 is 1.70 bits per heavy atom. The molecule has 0 spiro atoms. The van der Waals surface area contributed by atoms with E-state index in [0.717, 1.165) is 6.42 Å². The van der Waals surface area contributed by atoms with Crippen LogP contribution in [0.15, 0.2) is 0 Å². The van der Waals surface area contributed by atoms with Crippen LogP contribution in [-0.2, 0) is 0 Å². The van der Waals surface area contributed by atoms with Gasteiger partial charge in [-0.15, -0.1) is 0 Å². The first-order valence-corrected chi connectivity index (χ1v) is 4.10. The first-order valence-electron chi connectivity index (χ1n) is 4.10. The maximum Gasteiger partial charge on any atom is 0.0502 e. The number of rotatable bonds is 4.